The molecule has 0 spiro atoms. The largest absolute Gasteiger partial charge is 0.371 e. The van der Waals surface area contributed by atoms with Crippen LogP contribution in [-0.4, -0.2) is 34.6 Å². The van der Waals surface area contributed by atoms with Gasteiger partial charge in [-0.3, -0.25) is 4.90 Å². The van der Waals surface area contributed by atoms with Gasteiger partial charge in [-0.15, -0.1) is 0 Å². The van der Waals surface area contributed by atoms with Gasteiger partial charge in [0.2, 0.25) is 0 Å². The van der Waals surface area contributed by atoms with Crippen LogP contribution < -0.4 is 0 Å². The summed E-state index contributed by atoms with van der Waals surface area (Å²) >= 11 is 12.1. The number of hydrogen-bond donors (Lipinski definition) is 0. The molecule has 1 aromatic heterocycles. The number of halogens is 2. The first-order valence-electron chi connectivity index (χ1n) is 7.75. The van der Waals surface area contributed by atoms with Crippen LogP contribution in [0.5, 0.6) is 0 Å². The predicted octanol–water partition coefficient (Wildman–Crippen LogP) is 3.92. The van der Waals surface area contributed by atoms with Gasteiger partial charge in [0.1, 0.15) is 5.82 Å². The molecule has 1 aliphatic rings. The van der Waals surface area contributed by atoms with Crippen LogP contribution in [0.25, 0.3) is 0 Å². The molecular weight excluding hydrogens is 333 g/mol. The van der Waals surface area contributed by atoms with E-state index in [4.69, 9.17) is 27.9 Å². The van der Waals surface area contributed by atoms with Crippen molar-refractivity contribution < 1.29 is 4.74 Å². The van der Waals surface area contributed by atoms with Gasteiger partial charge in [-0.2, -0.15) is 0 Å². The Labute approximate surface area is 146 Å². The van der Waals surface area contributed by atoms with Crippen LogP contribution in [0.3, 0.4) is 0 Å². The molecule has 4 nitrogen and oxygen atoms in total. The zero-order valence-corrected chi connectivity index (χ0v) is 14.5. The standard InChI is InChI=1S/C17H19Cl2N3O/c1-2-17-20-6-5-13(21-17)10-22-7-8-23-16(11-22)12-3-4-14(18)15(19)9-12/h3-6,9,16H,2,7-8,10-11H2,1H3. The van der Waals surface area contributed by atoms with E-state index in [2.05, 4.69) is 21.8 Å². The maximum Gasteiger partial charge on any atom is 0.128 e. The van der Waals surface area contributed by atoms with E-state index in [1.165, 1.54) is 0 Å². The van der Waals surface area contributed by atoms with Gasteiger partial charge in [0, 0.05) is 32.3 Å². The highest BCUT2D eigenvalue weighted by molar-refractivity contribution is 6.42. The summed E-state index contributed by atoms with van der Waals surface area (Å²) < 4.78 is 5.90. The first kappa shape index (κ1) is 16.7. The van der Waals surface area contributed by atoms with Gasteiger partial charge in [-0.05, 0) is 23.8 Å². The summed E-state index contributed by atoms with van der Waals surface area (Å²) in [5.74, 6) is 0.886. The molecule has 23 heavy (non-hydrogen) atoms. The third-order valence-corrected chi connectivity index (χ3v) is 4.67. The second kappa shape index (κ2) is 7.58. The van der Waals surface area contributed by atoms with Crippen molar-refractivity contribution in [1.82, 2.24) is 14.9 Å². The molecule has 122 valence electrons. The van der Waals surface area contributed by atoms with Crippen molar-refractivity contribution in [3.05, 3.63) is 57.6 Å². The number of benzene rings is 1. The number of nitrogens with zero attached hydrogens (tertiary/aromatic N) is 3. The Kier molecular flexibility index (Phi) is 5.49. The Morgan fingerprint density at radius 2 is 2.13 bits per heavy atom. The minimum Gasteiger partial charge on any atom is -0.371 e. The third kappa shape index (κ3) is 4.21. The highest BCUT2D eigenvalue weighted by Gasteiger charge is 2.23. The lowest BCUT2D eigenvalue weighted by Gasteiger charge is -2.33. The zero-order valence-electron chi connectivity index (χ0n) is 13.0. The number of ether oxygens (including phenoxy) is 1. The van der Waals surface area contributed by atoms with Gasteiger partial charge < -0.3 is 4.74 Å². The van der Waals surface area contributed by atoms with E-state index in [1.807, 2.05) is 30.5 Å². The molecule has 1 saturated heterocycles. The fourth-order valence-corrected chi connectivity index (χ4v) is 3.00. The molecule has 0 N–H and O–H groups in total. The van der Waals surface area contributed by atoms with Gasteiger partial charge >= 0.3 is 0 Å². The topological polar surface area (TPSA) is 38.2 Å². The van der Waals surface area contributed by atoms with E-state index in [0.717, 1.165) is 43.1 Å². The molecule has 0 amide bonds. The zero-order chi connectivity index (χ0) is 16.2. The summed E-state index contributed by atoms with van der Waals surface area (Å²) in [5.41, 5.74) is 2.10. The molecule has 1 aliphatic heterocycles. The highest BCUT2D eigenvalue weighted by Crippen LogP contribution is 2.29. The minimum atomic E-state index is 0.00556. The van der Waals surface area contributed by atoms with Crippen LogP contribution in [0.2, 0.25) is 10.0 Å². The van der Waals surface area contributed by atoms with Crippen molar-refractivity contribution in [1.29, 1.82) is 0 Å². The van der Waals surface area contributed by atoms with E-state index in [9.17, 15) is 0 Å². The first-order valence-corrected chi connectivity index (χ1v) is 8.51. The monoisotopic (exact) mass is 351 g/mol. The van der Waals surface area contributed by atoms with Crippen molar-refractivity contribution in [2.24, 2.45) is 0 Å². The van der Waals surface area contributed by atoms with Crippen LogP contribution in [0.15, 0.2) is 30.5 Å². The van der Waals surface area contributed by atoms with Gasteiger partial charge in [0.25, 0.3) is 0 Å². The molecule has 0 bridgehead atoms. The number of hydrogen-bond acceptors (Lipinski definition) is 4. The Balaban J connectivity index is 1.69. The van der Waals surface area contributed by atoms with Crippen molar-refractivity contribution in [2.75, 3.05) is 19.7 Å². The second-order valence-corrected chi connectivity index (χ2v) is 6.40. The quantitative estimate of drug-likeness (QED) is 0.836. The van der Waals surface area contributed by atoms with Gasteiger partial charge in [0.05, 0.1) is 28.5 Å². The van der Waals surface area contributed by atoms with E-state index in [-0.39, 0.29) is 6.10 Å². The molecular formula is C17H19Cl2N3O. The second-order valence-electron chi connectivity index (χ2n) is 5.59. The maximum atomic E-state index is 6.11. The molecule has 2 aromatic rings. The molecule has 2 heterocycles. The number of rotatable bonds is 4. The fourth-order valence-electron chi connectivity index (χ4n) is 2.69. The lowest BCUT2D eigenvalue weighted by molar-refractivity contribution is -0.0333. The van der Waals surface area contributed by atoms with Crippen molar-refractivity contribution in [2.45, 2.75) is 26.0 Å². The molecule has 1 fully saturated rings. The Morgan fingerprint density at radius 3 is 2.91 bits per heavy atom. The smallest absolute Gasteiger partial charge is 0.128 e. The SMILES string of the molecule is CCc1nccc(CN2CCOC(c3ccc(Cl)c(Cl)c3)C2)n1. The molecule has 0 saturated carbocycles. The van der Waals surface area contributed by atoms with Crippen molar-refractivity contribution in [3.8, 4) is 0 Å². The van der Waals surface area contributed by atoms with E-state index < -0.39 is 0 Å². The summed E-state index contributed by atoms with van der Waals surface area (Å²) in [4.78, 5) is 11.2. The number of aryl methyl sites for hydroxylation is 1. The third-order valence-electron chi connectivity index (χ3n) is 3.93. The summed E-state index contributed by atoms with van der Waals surface area (Å²) in [6.07, 6.45) is 2.69. The van der Waals surface area contributed by atoms with E-state index >= 15 is 0 Å². The molecule has 1 atom stereocenters. The Morgan fingerprint density at radius 1 is 1.26 bits per heavy atom. The normalized spacial score (nSPS) is 19.0. The van der Waals surface area contributed by atoms with E-state index in [0.29, 0.717) is 16.7 Å². The van der Waals surface area contributed by atoms with Gasteiger partial charge in [-0.25, -0.2) is 9.97 Å². The fraction of sp³-hybridized carbons (Fsp3) is 0.412. The average Bonchev–Trinajstić information content (AvgIpc) is 2.58. The lowest BCUT2D eigenvalue weighted by Crippen LogP contribution is -2.38. The molecule has 3 rings (SSSR count). The predicted molar refractivity (Wildman–Crippen MR) is 91.8 cm³/mol. The summed E-state index contributed by atoms with van der Waals surface area (Å²) in [7, 11) is 0. The first-order chi connectivity index (χ1) is 11.2. The van der Waals surface area contributed by atoms with Crippen LogP contribution in [0, 0.1) is 0 Å². The molecule has 0 aliphatic carbocycles. The van der Waals surface area contributed by atoms with Gasteiger partial charge in [-0.1, -0.05) is 36.2 Å². The lowest BCUT2D eigenvalue weighted by atomic mass is 10.1. The van der Waals surface area contributed by atoms with Crippen molar-refractivity contribution in [3.63, 3.8) is 0 Å². The van der Waals surface area contributed by atoms with Crippen LogP contribution in [0.4, 0.5) is 0 Å². The molecule has 1 unspecified atom stereocenters. The maximum absolute atomic E-state index is 6.11. The Bertz CT molecular complexity index is 681. The summed E-state index contributed by atoms with van der Waals surface area (Å²) in [6.45, 7) is 5.26. The molecule has 6 heteroatoms. The molecule has 1 aromatic carbocycles. The summed E-state index contributed by atoms with van der Waals surface area (Å²) in [5, 5.41) is 1.13. The number of morpholine rings is 1. The minimum absolute atomic E-state index is 0.00556. The summed E-state index contributed by atoms with van der Waals surface area (Å²) in [6, 6.07) is 7.66. The van der Waals surface area contributed by atoms with Crippen LogP contribution in [-0.2, 0) is 17.7 Å². The number of aromatic nitrogens is 2. The van der Waals surface area contributed by atoms with Crippen molar-refractivity contribution >= 4 is 23.2 Å². The van der Waals surface area contributed by atoms with Crippen LogP contribution in [0.1, 0.15) is 30.1 Å². The van der Waals surface area contributed by atoms with Crippen LogP contribution >= 0.6 is 23.2 Å². The highest BCUT2D eigenvalue weighted by atomic mass is 35.5. The molecule has 0 radical (unpaired) electrons. The van der Waals surface area contributed by atoms with E-state index in [1.54, 1.807) is 0 Å². The average molecular weight is 352 g/mol. The van der Waals surface area contributed by atoms with Gasteiger partial charge in [0.15, 0.2) is 0 Å². The Hall–Kier alpha value is -1.20.